The highest BCUT2D eigenvalue weighted by Gasteiger charge is 2.06. The van der Waals surface area contributed by atoms with Crippen LogP contribution in [0.1, 0.15) is 22.3 Å². The monoisotopic (exact) mass is 906 g/mol. The molecule has 0 aromatic heterocycles. The molecule has 16 heteroatoms. The molecule has 362 valence electrons. The molecule has 0 unspecified atom stereocenters. The van der Waals surface area contributed by atoms with Crippen LogP contribution in [0.4, 0.5) is 0 Å². The van der Waals surface area contributed by atoms with Gasteiger partial charge in [-0.15, -0.1) is 0 Å². The highest BCUT2D eigenvalue weighted by Crippen LogP contribution is 2.19. The fraction of sp³-hybridized carbons (Fsp3) is 0.625. The van der Waals surface area contributed by atoms with Gasteiger partial charge in [-0.1, -0.05) is 60.7 Å². The van der Waals surface area contributed by atoms with E-state index in [2.05, 4.69) is 6.07 Å². The van der Waals surface area contributed by atoms with E-state index in [9.17, 15) is 0 Å². The SMILES string of the molecule is OCCOCCOCCOCCOc1ccccc1CCOCCOCCOCc1cccc(COCCOCCOCCc2ccccc2OCCOCCOCCOCCO)c1. The maximum atomic E-state index is 8.68. The van der Waals surface area contributed by atoms with E-state index in [0.29, 0.717) is 172 Å². The van der Waals surface area contributed by atoms with Gasteiger partial charge >= 0.3 is 0 Å². The van der Waals surface area contributed by atoms with Gasteiger partial charge in [0, 0.05) is 0 Å². The van der Waals surface area contributed by atoms with Crippen LogP contribution in [0.3, 0.4) is 0 Å². The molecule has 0 aliphatic carbocycles. The van der Waals surface area contributed by atoms with Crippen LogP contribution < -0.4 is 9.47 Å². The van der Waals surface area contributed by atoms with Gasteiger partial charge in [0.25, 0.3) is 0 Å². The van der Waals surface area contributed by atoms with Gasteiger partial charge in [0.2, 0.25) is 0 Å². The summed E-state index contributed by atoms with van der Waals surface area (Å²) in [5.74, 6) is 1.66. The summed E-state index contributed by atoms with van der Waals surface area (Å²) in [5.41, 5.74) is 4.33. The average Bonchev–Trinajstić information content (AvgIpc) is 3.32. The zero-order chi connectivity index (χ0) is 45.1. The summed E-state index contributed by atoms with van der Waals surface area (Å²) in [4.78, 5) is 0. The summed E-state index contributed by atoms with van der Waals surface area (Å²) in [7, 11) is 0. The van der Waals surface area contributed by atoms with Gasteiger partial charge in [0.05, 0.1) is 172 Å². The molecular weight excluding hydrogens is 833 g/mol. The van der Waals surface area contributed by atoms with Crippen LogP contribution in [-0.4, -0.2) is 182 Å². The molecular formula is C48H74O16. The van der Waals surface area contributed by atoms with Crippen molar-refractivity contribution in [2.45, 2.75) is 26.1 Å². The largest absolute Gasteiger partial charge is 0.491 e. The Morgan fingerprint density at radius 3 is 0.938 bits per heavy atom. The van der Waals surface area contributed by atoms with E-state index >= 15 is 0 Å². The standard InChI is InChI=1S/C48H74O16/c49-14-18-53-22-26-55-28-30-59-36-38-63-47-10-3-1-8-45(47)12-16-51-20-24-57-32-34-61-41-43-6-5-7-44(40-43)42-62-35-33-58-25-21-52-17-13-46-9-2-4-11-48(46)64-39-37-60-31-29-56-27-23-54-19-15-50/h1-11,40,49-50H,12-39,41-42H2. The first-order valence-corrected chi connectivity index (χ1v) is 22.4. The second-order valence-electron chi connectivity index (χ2n) is 13.9. The van der Waals surface area contributed by atoms with Crippen molar-refractivity contribution >= 4 is 0 Å². The molecule has 0 spiro atoms. The molecule has 2 N–H and O–H groups in total. The van der Waals surface area contributed by atoms with Gasteiger partial charge in [-0.05, 0) is 47.2 Å². The van der Waals surface area contributed by atoms with Crippen molar-refractivity contribution in [1.29, 1.82) is 0 Å². The zero-order valence-corrected chi connectivity index (χ0v) is 37.8. The average molecular weight is 907 g/mol. The van der Waals surface area contributed by atoms with Gasteiger partial charge in [-0.25, -0.2) is 0 Å². The molecule has 0 heterocycles. The second kappa shape index (κ2) is 41.2. The third-order valence-electron chi connectivity index (χ3n) is 8.92. The summed E-state index contributed by atoms with van der Waals surface area (Å²) in [5, 5.41) is 17.4. The van der Waals surface area contributed by atoms with Crippen molar-refractivity contribution < 1.29 is 76.5 Å². The molecule has 3 aromatic carbocycles. The quantitative estimate of drug-likeness (QED) is 0.0777. The normalized spacial score (nSPS) is 11.4. The van der Waals surface area contributed by atoms with E-state index in [-0.39, 0.29) is 13.2 Å². The summed E-state index contributed by atoms with van der Waals surface area (Å²) < 4.78 is 78.7. The van der Waals surface area contributed by atoms with Crippen LogP contribution in [0.25, 0.3) is 0 Å². The Morgan fingerprint density at radius 2 is 0.578 bits per heavy atom. The summed E-state index contributed by atoms with van der Waals surface area (Å²) in [6.45, 7) is 12.4. The number of hydrogen-bond acceptors (Lipinski definition) is 16. The van der Waals surface area contributed by atoms with E-state index in [1.807, 2.05) is 66.7 Å². The Balaban J connectivity index is 1.09. The predicted molar refractivity (Wildman–Crippen MR) is 239 cm³/mol. The smallest absolute Gasteiger partial charge is 0.122 e. The van der Waals surface area contributed by atoms with Crippen LogP contribution in [-0.2, 0) is 82.9 Å². The first-order valence-electron chi connectivity index (χ1n) is 22.4. The Kier molecular flexibility index (Phi) is 35.4. The van der Waals surface area contributed by atoms with Crippen LogP contribution in [0.15, 0.2) is 72.8 Å². The highest BCUT2D eigenvalue weighted by molar-refractivity contribution is 5.34. The lowest BCUT2D eigenvalue weighted by atomic mass is 10.1. The Bertz CT molecular complexity index is 1380. The van der Waals surface area contributed by atoms with Gasteiger partial charge in [-0.2, -0.15) is 0 Å². The maximum Gasteiger partial charge on any atom is 0.122 e. The molecule has 3 aromatic rings. The van der Waals surface area contributed by atoms with Crippen molar-refractivity contribution in [1.82, 2.24) is 0 Å². The number of aliphatic hydroxyl groups excluding tert-OH is 2. The molecule has 0 aliphatic heterocycles. The molecule has 0 amide bonds. The number of para-hydroxylation sites is 2. The lowest BCUT2D eigenvalue weighted by Crippen LogP contribution is -2.14. The van der Waals surface area contributed by atoms with Crippen molar-refractivity contribution in [3.05, 3.63) is 95.1 Å². The zero-order valence-electron chi connectivity index (χ0n) is 37.8. The highest BCUT2D eigenvalue weighted by atomic mass is 16.6. The maximum absolute atomic E-state index is 8.68. The van der Waals surface area contributed by atoms with Crippen LogP contribution in [0.2, 0.25) is 0 Å². The van der Waals surface area contributed by atoms with E-state index in [1.165, 1.54) is 0 Å². The number of ether oxygens (including phenoxy) is 14. The number of rotatable bonds is 46. The van der Waals surface area contributed by atoms with E-state index in [4.69, 9.17) is 76.5 Å². The van der Waals surface area contributed by atoms with E-state index < -0.39 is 0 Å². The molecule has 0 aliphatic rings. The number of benzene rings is 3. The van der Waals surface area contributed by atoms with Gasteiger partial charge in [0.1, 0.15) is 24.7 Å². The third-order valence-corrected chi connectivity index (χ3v) is 8.92. The molecule has 0 bridgehead atoms. The van der Waals surface area contributed by atoms with E-state index in [1.54, 1.807) is 0 Å². The van der Waals surface area contributed by atoms with Crippen molar-refractivity contribution in [2.75, 3.05) is 172 Å². The number of hydrogen-bond donors (Lipinski definition) is 2. The molecule has 3 rings (SSSR count). The van der Waals surface area contributed by atoms with Gasteiger partial charge < -0.3 is 76.5 Å². The first-order chi connectivity index (χ1) is 31.8. The Labute approximate surface area is 380 Å². The molecule has 0 fully saturated rings. The minimum Gasteiger partial charge on any atom is -0.491 e. The van der Waals surface area contributed by atoms with Crippen molar-refractivity contribution in [2.24, 2.45) is 0 Å². The van der Waals surface area contributed by atoms with E-state index in [0.717, 1.165) is 46.6 Å². The topological polar surface area (TPSA) is 170 Å². The lowest BCUT2D eigenvalue weighted by Gasteiger charge is -2.12. The van der Waals surface area contributed by atoms with Crippen LogP contribution in [0, 0.1) is 0 Å². The molecule has 16 nitrogen and oxygen atoms in total. The predicted octanol–water partition coefficient (Wildman–Crippen LogP) is 4.11. The molecule has 0 radical (unpaired) electrons. The molecule has 64 heavy (non-hydrogen) atoms. The minimum absolute atomic E-state index is 0.0156. The molecule has 0 saturated heterocycles. The van der Waals surface area contributed by atoms with Crippen LogP contribution in [0.5, 0.6) is 11.5 Å². The van der Waals surface area contributed by atoms with Gasteiger partial charge in [-0.3, -0.25) is 0 Å². The first kappa shape index (κ1) is 55.0. The Hall–Kier alpha value is -3.30. The van der Waals surface area contributed by atoms with Crippen molar-refractivity contribution in [3.8, 4) is 11.5 Å². The third kappa shape index (κ3) is 30.0. The van der Waals surface area contributed by atoms with Crippen LogP contribution >= 0.6 is 0 Å². The Morgan fingerprint density at radius 1 is 0.281 bits per heavy atom. The summed E-state index contributed by atoms with van der Waals surface area (Å²) >= 11 is 0. The molecule has 0 atom stereocenters. The van der Waals surface area contributed by atoms with Gasteiger partial charge in [0.15, 0.2) is 0 Å². The second-order valence-corrected chi connectivity index (χ2v) is 13.9. The minimum atomic E-state index is 0.0156. The number of aliphatic hydroxyl groups is 2. The van der Waals surface area contributed by atoms with Crippen molar-refractivity contribution in [3.63, 3.8) is 0 Å². The summed E-state index contributed by atoms with van der Waals surface area (Å²) in [6.07, 6.45) is 1.47. The fourth-order valence-corrected chi connectivity index (χ4v) is 5.77. The lowest BCUT2D eigenvalue weighted by molar-refractivity contribution is 0.00349. The molecule has 0 saturated carbocycles. The summed E-state index contributed by atoms with van der Waals surface area (Å²) in [6, 6.07) is 24.1. The fourth-order valence-electron chi connectivity index (χ4n) is 5.77.